The standard InChI is InChI=1S/C22H30F2N4O2/c1-21(2,3)18(19(26)29)28-20(30)27-16-8-9-22(4,5)11-13(16)17(25)12-6-7-14(23)15(24)10-12/h6-7,10,18H,8-9,11,25H2,1-5H3,(H2,26,29)(H,28,30)/t18-/m1/s1. The minimum Gasteiger partial charge on any atom is -0.398 e. The molecule has 1 aliphatic rings. The summed E-state index contributed by atoms with van der Waals surface area (Å²) in [7, 11) is 0. The maximum Gasteiger partial charge on any atom is 0.341 e. The molecule has 0 radical (unpaired) electrons. The van der Waals surface area contributed by atoms with Crippen molar-refractivity contribution in [2.45, 2.75) is 59.9 Å². The smallest absolute Gasteiger partial charge is 0.341 e. The van der Waals surface area contributed by atoms with Crippen molar-refractivity contribution in [3.8, 4) is 0 Å². The van der Waals surface area contributed by atoms with E-state index in [0.29, 0.717) is 29.7 Å². The summed E-state index contributed by atoms with van der Waals surface area (Å²) in [6, 6.07) is 1.84. The molecule has 0 aromatic heterocycles. The molecule has 30 heavy (non-hydrogen) atoms. The van der Waals surface area contributed by atoms with Crippen LogP contribution in [0.1, 0.15) is 59.4 Å². The molecule has 0 spiro atoms. The van der Waals surface area contributed by atoms with Crippen molar-refractivity contribution in [1.82, 2.24) is 5.32 Å². The molecule has 3 amide bonds. The second-order valence-electron chi connectivity index (χ2n) is 9.57. The molecule has 1 fully saturated rings. The van der Waals surface area contributed by atoms with Crippen LogP contribution in [0.2, 0.25) is 0 Å². The van der Waals surface area contributed by atoms with Crippen molar-refractivity contribution in [2.75, 3.05) is 0 Å². The molecule has 0 unspecified atom stereocenters. The van der Waals surface area contributed by atoms with Crippen LogP contribution in [0, 0.1) is 22.5 Å². The van der Waals surface area contributed by atoms with E-state index < -0.39 is 35.0 Å². The Balaban J connectivity index is 2.44. The number of hydrogen-bond donors (Lipinski definition) is 3. The van der Waals surface area contributed by atoms with Gasteiger partial charge in [0.1, 0.15) is 6.04 Å². The van der Waals surface area contributed by atoms with Crippen molar-refractivity contribution in [3.05, 3.63) is 41.0 Å². The molecule has 0 aliphatic heterocycles. The summed E-state index contributed by atoms with van der Waals surface area (Å²) >= 11 is 0. The van der Waals surface area contributed by atoms with E-state index >= 15 is 0 Å². The molecule has 6 nitrogen and oxygen atoms in total. The molecule has 1 saturated carbocycles. The van der Waals surface area contributed by atoms with E-state index in [-0.39, 0.29) is 11.1 Å². The molecule has 164 valence electrons. The second kappa shape index (κ2) is 8.53. The topological polar surface area (TPSA) is 111 Å². The zero-order valence-corrected chi connectivity index (χ0v) is 18.1. The van der Waals surface area contributed by atoms with Crippen LogP contribution in [0.3, 0.4) is 0 Å². The Labute approximate surface area is 175 Å². The number of primary amides is 1. The highest BCUT2D eigenvalue weighted by Crippen LogP contribution is 2.39. The van der Waals surface area contributed by atoms with Gasteiger partial charge in [0.25, 0.3) is 0 Å². The summed E-state index contributed by atoms with van der Waals surface area (Å²) in [4.78, 5) is 28.5. The van der Waals surface area contributed by atoms with E-state index in [1.165, 1.54) is 6.07 Å². The number of halogens is 2. The highest BCUT2D eigenvalue weighted by Gasteiger charge is 2.33. The van der Waals surface area contributed by atoms with E-state index in [2.05, 4.69) is 24.2 Å². The van der Waals surface area contributed by atoms with Gasteiger partial charge in [-0.05, 0) is 53.9 Å². The molecule has 5 N–H and O–H groups in total. The van der Waals surface area contributed by atoms with Crippen molar-refractivity contribution in [2.24, 2.45) is 27.3 Å². The Kier molecular flexibility index (Phi) is 6.69. The predicted octanol–water partition coefficient (Wildman–Crippen LogP) is 3.90. The molecule has 1 aromatic carbocycles. The lowest BCUT2D eigenvalue weighted by atomic mass is 9.73. The van der Waals surface area contributed by atoms with E-state index in [1.54, 1.807) is 20.8 Å². The van der Waals surface area contributed by atoms with Crippen molar-refractivity contribution >= 4 is 23.3 Å². The number of rotatable bonds is 3. The summed E-state index contributed by atoms with van der Waals surface area (Å²) in [5, 5.41) is 2.57. The normalized spacial score (nSPS) is 20.6. The van der Waals surface area contributed by atoms with Crippen LogP contribution >= 0.6 is 0 Å². The molecule has 0 saturated heterocycles. The van der Waals surface area contributed by atoms with Gasteiger partial charge in [-0.15, -0.1) is 0 Å². The average molecular weight is 421 g/mol. The van der Waals surface area contributed by atoms with Crippen LogP contribution in [-0.4, -0.2) is 23.7 Å². The number of allylic oxidation sites excluding steroid dienone is 1. The third-order valence-corrected chi connectivity index (χ3v) is 5.25. The van der Waals surface area contributed by atoms with Gasteiger partial charge in [-0.25, -0.2) is 13.6 Å². The van der Waals surface area contributed by atoms with E-state index in [4.69, 9.17) is 11.5 Å². The number of amides is 3. The van der Waals surface area contributed by atoms with E-state index in [9.17, 15) is 18.4 Å². The molecule has 0 bridgehead atoms. The maximum atomic E-state index is 13.7. The highest BCUT2D eigenvalue weighted by molar-refractivity contribution is 6.11. The molecular weight excluding hydrogens is 390 g/mol. The van der Waals surface area contributed by atoms with Crippen molar-refractivity contribution in [1.29, 1.82) is 0 Å². The van der Waals surface area contributed by atoms with Crippen LogP contribution in [0.4, 0.5) is 13.6 Å². The first-order chi connectivity index (χ1) is 13.7. The van der Waals surface area contributed by atoms with Gasteiger partial charge in [0, 0.05) is 11.3 Å². The van der Waals surface area contributed by atoms with Crippen LogP contribution in [0.5, 0.6) is 0 Å². The molecule has 2 rings (SSSR count). The number of benzene rings is 1. The first-order valence-corrected chi connectivity index (χ1v) is 9.83. The molecular formula is C22H30F2N4O2. The Morgan fingerprint density at radius 3 is 2.33 bits per heavy atom. The molecule has 1 aromatic rings. The largest absolute Gasteiger partial charge is 0.398 e. The monoisotopic (exact) mass is 420 g/mol. The first-order valence-electron chi connectivity index (χ1n) is 9.83. The van der Waals surface area contributed by atoms with Gasteiger partial charge < -0.3 is 16.8 Å². The number of nitrogens with zero attached hydrogens (tertiary/aromatic N) is 1. The van der Waals surface area contributed by atoms with Gasteiger partial charge in [-0.2, -0.15) is 4.99 Å². The minimum atomic E-state index is -1.00. The van der Waals surface area contributed by atoms with Crippen LogP contribution < -0.4 is 16.8 Å². The van der Waals surface area contributed by atoms with Gasteiger partial charge in [-0.1, -0.05) is 34.6 Å². The number of aliphatic imine (C=N–C) groups is 1. The lowest BCUT2D eigenvalue weighted by molar-refractivity contribution is -0.122. The molecule has 8 heteroatoms. The molecule has 0 heterocycles. The lowest BCUT2D eigenvalue weighted by Crippen LogP contribution is -2.51. The Morgan fingerprint density at radius 2 is 1.80 bits per heavy atom. The number of nitrogens with one attached hydrogen (secondary N) is 1. The molecule has 1 atom stereocenters. The Bertz CT molecular complexity index is 914. The van der Waals surface area contributed by atoms with Gasteiger partial charge in [0.05, 0.1) is 5.71 Å². The maximum absolute atomic E-state index is 13.7. The summed E-state index contributed by atoms with van der Waals surface area (Å²) < 4.78 is 27.0. The zero-order chi connectivity index (χ0) is 22.9. The Hall–Kier alpha value is -2.77. The fourth-order valence-corrected chi connectivity index (χ4v) is 3.48. The van der Waals surface area contributed by atoms with E-state index in [1.807, 2.05) is 0 Å². The predicted molar refractivity (Wildman–Crippen MR) is 114 cm³/mol. The number of hydrogen-bond acceptors (Lipinski definition) is 3. The fraction of sp³-hybridized carbons (Fsp3) is 0.500. The summed E-state index contributed by atoms with van der Waals surface area (Å²) in [5.74, 6) is -2.62. The average Bonchev–Trinajstić information content (AvgIpc) is 2.61. The van der Waals surface area contributed by atoms with Crippen LogP contribution in [0.25, 0.3) is 5.70 Å². The third kappa shape index (κ3) is 5.64. The van der Waals surface area contributed by atoms with E-state index in [0.717, 1.165) is 18.6 Å². The van der Waals surface area contributed by atoms with Gasteiger partial charge >= 0.3 is 6.03 Å². The van der Waals surface area contributed by atoms with Gasteiger partial charge in [0.2, 0.25) is 5.91 Å². The summed E-state index contributed by atoms with van der Waals surface area (Å²) in [6.07, 6.45) is 1.77. The number of urea groups is 1. The lowest BCUT2D eigenvalue weighted by Gasteiger charge is -2.33. The number of carbonyl (C=O) groups excluding carboxylic acids is 2. The highest BCUT2D eigenvalue weighted by atomic mass is 19.2. The summed E-state index contributed by atoms with van der Waals surface area (Å²) in [5.41, 5.74) is 12.7. The third-order valence-electron chi connectivity index (χ3n) is 5.25. The van der Waals surface area contributed by atoms with Gasteiger partial charge in [0.15, 0.2) is 11.6 Å². The SMILES string of the molecule is CC1(C)CCC(=NC(=O)N[C@H](C(N)=O)C(C)(C)C)C(=C(N)c2ccc(F)c(F)c2)C1. The van der Waals surface area contributed by atoms with Crippen LogP contribution in [0.15, 0.2) is 28.8 Å². The first kappa shape index (κ1) is 23.5. The summed E-state index contributed by atoms with van der Waals surface area (Å²) in [6.45, 7) is 9.47. The number of carbonyl (C=O) groups is 2. The van der Waals surface area contributed by atoms with Crippen molar-refractivity contribution in [3.63, 3.8) is 0 Å². The fourth-order valence-electron chi connectivity index (χ4n) is 3.48. The van der Waals surface area contributed by atoms with Crippen molar-refractivity contribution < 1.29 is 18.4 Å². The zero-order valence-electron chi connectivity index (χ0n) is 18.1. The second-order valence-corrected chi connectivity index (χ2v) is 9.57. The van der Waals surface area contributed by atoms with Gasteiger partial charge in [-0.3, -0.25) is 4.79 Å². The Morgan fingerprint density at radius 1 is 1.17 bits per heavy atom. The number of nitrogens with two attached hydrogens (primary N) is 2. The molecule has 1 aliphatic carbocycles. The quantitative estimate of drug-likeness (QED) is 0.690. The minimum absolute atomic E-state index is 0.102. The van der Waals surface area contributed by atoms with Crippen LogP contribution in [-0.2, 0) is 4.79 Å².